The smallest absolute Gasteiger partial charge is 0.258 e. The Hall–Kier alpha value is -1.55. The number of amides is 1. The van der Waals surface area contributed by atoms with Crippen LogP contribution in [0.2, 0.25) is 0 Å². The molecule has 0 aromatic heterocycles. The van der Waals surface area contributed by atoms with Crippen molar-refractivity contribution in [1.82, 2.24) is 5.32 Å². The number of carbonyl (C=O) groups excluding carboxylic acids is 1. The largest absolute Gasteiger partial charge is 0.484 e. The summed E-state index contributed by atoms with van der Waals surface area (Å²) in [6.45, 7) is 4.00. The van der Waals surface area contributed by atoms with E-state index in [9.17, 15) is 9.90 Å². The monoisotopic (exact) mass is 277 g/mol. The van der Waals surface area contributed by atoms with E-state index >= 15 is 0 Å². The maximum Gasteiger partial charge on any atom is 0.258 e. The van der Waals surface area contributed by atoms with Gasteiger partial charge in [-0.1, -0.05) is 13.0 Å². The lowest BCUT2D eigenvalue weighted by atomic mass is 9.89. The molecule has 2 rings (SSSR count). The van der Waals surface area contributed by atoms with Crippen molar-refractivity contribution in [2.24, 2.45) is 0 Å². The van der Waals surface area contributed by atoms with Gasteiger partial charge in [-0.2, -0.15) is 0 Å². The number of rotatable bonds is 5. The van der Waals surface area contributed by atoms with Crippen LogP contribution in [0.4, 0.5) is 0 Å². The number of hydrogen-bond acceptors (Lipinski definition) is 3. The van der Waals surface area contributed by atoms with Gasteiger partial charge >= 0.3 is 0 Å². The summed E-state index contributed by atoms with van der Waals surface area (Å²) >= 11 is 0. The molecule has 2 unspecified atom stereocenters. The number of aliphatic hydroxyl groups is 1. The van der Waals surface area contributed by atoms with E-state index in [1.807, 2.05) is 32.0 Å². The minimum atomic E-state index is -0.406. The second-order valence-corrected chi connectivity index (χ2v) is 5.43. The van der Waals surface area contributed by atoms with Gasteiger partial charge in [0.15, 0.2) is 6.61 Å². The Morgan fingerprint density at radius 1 is 1.55 bits per heavy atom. The molecule has 110 valence electrons. The standard InChI is InChI=1S/C16H23NO3/c1-3-11(2)17-16(19)10-20-13-8-7-12-5-4-6-15(18)14(12)9-13/h7-9,11,15,18H,3-6,10H2,1-2H3,(H,17,19). The highest BCUT2D eigenvalue weighted by Gasteiger charge is 2.18. The molecule has 0 spiro atoms. The molecule has 1 amide bonds. The fourth-order valence-corrected chi connectivity index (χ4v) is 2.41. The Morgan fingerprint density at radius 3 is 3.10 bits per heavy atom. The molecule has 1 aromatic carbocycles. The highest BCUT2D eigenvalue weighted by Crippen LogP contribution is 2.32. The first-order valence-corrected chi connectivity index (χ1v) is 7.33. The van der Waals surface area contributed by atoms with Gasteiger partial charge in [0.05, 0.1) is 6.10 Å². The lowest BCUT2D eigenvalue weighted by Crippen LogP contribution is -2.35. The summed E-state index contributed by atoms with van der Waals surface area (Å²) in [5.41, 5.74) is 2.12. The lowest BCUT2D eigenvalue weighted by Gasteiger charge is -2.22. The summed E-state index contributed by atoms with van der Waals surface area (Å²) in [7, 11) is 0. The van der Waals surface area contributed by atoms with E-state index in [-0.39, 0.29) is 18.6 Å². The van der Waals surface area contributed by atoms with Gasteiger partial charge < -0.3 is 15.2 Å². The summed E-state index contributed by atoms with van der Waals surface area (Å²) < 4.78 is 5.50. The number of fused-ring (bicyclic) bond motifs is 1. The molecular weight excluding hydrogens is 254 g/mol. The number of benzene rings is 1. The second kappa shape index (κ2) is 6.75. The average Bonchev–Trinajstić information content (AvgIpc) is 2.45. The first-order chi connectivity index (χ1) is 9.60. The molecule has 2 N–H and O–H groups in total. The predicted octanol–water partition coefficient (Wildman–Crippen LogP) is 2.35. The lowest BCUT2D eigenvalue weighted by molar-refractivity contribution is -0.123. The summed E-state index contributed by atoms with van der Waals surface area (Å²) in [4.78, 5) is 11.7. The van der Waals surface area contributed by atoms with Gasteiger partial charge in [0.2, 0.25) is 0 Å². The molecule has 2 atom stereocenters. The summed E-state index contributed by atoms with van der Waals surface area (Å²) in [5, 5.41) is 12.8. The van der Waals surface area contributed by atoms with E-state index in [1.54, 1.807) is 0 Å². The normalized spacial score (nSPS) is 19.1. The minimum absolute atomic E-state index is 0.0131. The van der Waals surface area contributed by atoms with Crippen LogP contribution < -0.4 is 10.1 Å². The number of aliphatic hydroxyl groups excluding tert-OH is 1. The number of nitrogens with one attached hydrogen (secondary N) is 1. The van der Waals surface area contributed by atoms with Crippen LogP contribution in [0.3, 0.4) is 0 Å². The van der Waals surface area contributed by atoms with E-state index < -0.39 is 6.10 Å². The highest BCUT2D eigenvalue weighted by molar-refractivity contribution is 5.77. The zero-order valence-electron chi connectivity index (χ0n) is 12.2. The molecule has 0 saturated heterocycles. The molecule has 4 nitrogen and oxygen atoms in total. The maximum absolute atomic E-state index is 11.7. The summed E-state index contributed by atoms with van der Waals surface area (Å²) in [6, 6.07) is 5.87. The topological polar surface area (TPSA) is 58.6 Å². The molecule has 0 fully saturated rings. The fraction of sp³-hybridized carbons (Fsp3) is 0.562. The van der Waals surface area contributed by atoms with Crippen molar-refractivity contribution in [3.63, 3.8) is 0 Å². The van der Waals surface area contributed by atoms with Gasteiger partial charge in [-0.15, -0.1) is 0 Å². The van der Waals surface area contributed by atoms with Crippen LogP contribution >= 0.6 is 0 Å². The van der Waals surface area contributed by atoms with Crippen LogP contribution in [0.5, 0.6) is 5.75 Å². The van der Waals surface area contributed by atoms with E-state index in [4.69, 9.17) is 4.74 Å². The van der Waals surface area contributed by atoms with Crippen LogP contribution in [0, 0.1) is 0 Å². The maximum atomic E-state index is 11.7. The Labute approximate surface area is 120 Å². The number of ether oxygens (including phenoxy) is 1. The van der Waals surface area contributed by atoms with Gasteiger partial charge in [0.1, 0.15) is 5.75 Å². The average molecular weight is 277 g/mol. The van der Waals surface area contributed by atoms with Crippen molar-refractivity contribution in [2.75, 3.05) is 6.61 Å². The van der Waals surface area contributed by atoms with Crippen LogP contribution in [-0.4, -0.2) is 23.7 Å². The molecule has 1 aliphatic rings. The molecule has 4 heteroatoms. The molecule has 1 aliphatic carbocycles. The van der Waals surface area contributed by atoms with Gasteiger partial charge in [-0.25, -0.2) is 0 Å². The summed E-state index contributed by atoms with van der Waals surface area (Å²) in [5.74, 6) is 0.529. The van der Waals surface area contributed by atoms with Crippen molar-refractivity contribution < 1.29 is 14.6 Å². The first-order valence-electron chi connectivity index (χ1n) is 7.33. The van der Waals surface area contributed by atoms with Crippen LogP contribution in [-0.2, 0) is 11.2 Å². The molecule has 1 aromatic rings. The third-order valence-electron chi connectivity index (χ3n) is 3.79. The van der Waals surface area contributed by atoms with Crippen molar-refractivity contribution >= 4 is 5.91 Å². The van der Waals surface area contributed by atoms with Crippen molar-refractivity contribution in [1.29, 1.82) is 0 Å². The number of aryl methyl sites for hydroxylation is 1. The molecule has 20 heavy (non-hydrogen) atoms. The zero-order chi connectivity index (χ0) is 14.5. The Balaban J connectivity index is 1.94. The Kier molecular flexibility index (Phi) is 5.01. The third-order valence-corrected chi connectivity index (χ3v) is 3.79. The van der Waals surface area contributed by atoms with E-state index in [0.29, 0.717) is 5.75 Å². The zero-order valence-corrected chi connectivity index (χ0v) is 12.2. The third kappa shape index (κ3) is 3.73. The molecule has 0 bridgehead atoms. The van der Waals surface area contributed by atoms with Crippen molar-refractivity contribution in [2.45, 2.75) is 51.7 Å². The van der Waals surface area contributed by atoms with Crippen molar-refractivity contribution in [3.05, 3.63) is 29.3 Å². The Morgan fingerprint density at radius 2 is 2.35 bits per heavy atom. The van der Waals surface area contributed by atoms with Gasteiger partial charge in [0.25, 0.3) is 5.91 Å². The molecule has 0 saturated carbocycles. The van der Waals surface area contributed by atoms with Crippen LogP contribution in [0.25, 0.3) is 0 Å². The molecule has 0 radical (unpaired) electrons. The SMILES string of the molecule is CCC(C)NC(=O)COc1ccc2c(c1)C(O)CCC2. The fourth-order valence-electron chi connectivity index (χ4n) is 2.41. The molecule has 0 aliphatic heterocycles. The Bertz CT molecular complexity index is 473. The number of hydrogen-bond donors (Lipinski definition) is 2. The minimum Gasteiger partial charge on any atom is -0.484 e. The molecular formula is C16H23NO3. The first kappa shape index (κ1) is 14.9. The number of carbonyl (C=O) groups is 1. The van der Waals surface area contributed by atoms with Crippen LogP contribution in [0.1, 0.15) is 50.3 Å². The van der Waals surface area contributed by atoms with E-state index in [1.165, 1.54) is 5.56 Å². The highest BCUT2D eigenvalue weighted by atomic mass is 16.5. The van der Waals surface area contributed by atoms with Gasteiger partial charge in [0, 0.05) is 6.04 Å². The quantitative estimate of drug-likeness (QED) is 0.868. The predicted molar refractivity (Wildman–Crippen MR) is 77.7 cm³/mol. The summed E-state index contributed by atoms with van der Waals surface area (Å²) in [6.07, 6.45) is 3.31. The second-order valence-electron chi connectivity index (χ2n) is 5.43. The van der Waals surface area contributed by atoms with Crippen molar-refractivity contribution in [3.8, 4) is 5.75 Å². The molecule has 0 heterocycles. The van der Waals surface area contributed by atoms with Gasteiger partial charge in [-0.05, 0) is 55.9 Å². The van der Waals surface area contributed by atoms with Gasteiger partial charge in [-0.3, -0.25) is 4.79 Å². The van der Waals surface area contributed by atoms with Crippen LogP contribution in [0.15, 0.2) is 18.2 Å². The van der Waals surface area contributed by atoms with E-state index in [0.717, 1.165) is 31.2 Å². The van der Waals surface area contributed by atoms with E-state index in [2.05, 4.69) is 5.32 Å².